The zero-order valence-electron chi connectivity index (χ0n) is 13.3. The molecule has 0 saturated carbocycles. The molecule has 4 rings (SSSR count). The number of carbonyl (C=O) groups is 1. The van der Waals surface area contributed by atoms with Gasteiger partial charge >= 0.3 is 0 Å². The fraction of sp³-hybridized carbons (Fsp3) is 0.471. The number of aromatic nitrogens is 2. The maximum absolute atomic E-state index is 13.1. The predicted octanol–water partition coefficient (Wildman–Crippen LogP) is 3.64. The van der Waals surface area contributed by atoms with Gasteiger partial charge in [-0.2, -0.15) is 0 Å². The lowest BCUT2D eigenvalue weighted by molar-refractivity contribution is 0.00846. The first-order chi connectivity index (χ1) is 11.7. The van der Waals surface area contributed by atoms with Gasteiger partial charge in [0.1, 0.15) is 9.88 Å². The lowest BCUT2D eigenvalue weighted by atomic mass is 9.99. The predicted molar refractivity (Wildman–Crippen MR) is 93.4 cm³/mol. The molecule has 2 atom stereocenters. The molecule has 0 aromatic carbocycles. The molecule has 7 heteroatoms. The Morgan fingerprint density at radius 2 is 2.12 bits per heavy atom. The van der Waals surface area contributed by atoms with Crippen molar-refractivity contribution in [1.29, 1.82) is 0 Å². The van der Waals surface area contributed by atoms with Gasteiger partial charge in [-0.05, 0) is 37.8 Å². The number of hydrogen-bond acceptors (Lipinski definition) is 5. The number of ether oxygens (including phenoxy) is 1. The maximum Gasteiger partial charge on any atom is 0.267 e. The molecule has 5 nitrogen and oxygen atoms in total. The third-order valence-corrected chi connectivity index (χ3v) is 6.42. The largest absolute Gasteiger partial charge is 0.381 e. The summed E-state index contributed by atoms with van der Waals surface area (Å²) in [5.74, 6) is 0.00898. The number of thiazole rings is 1. The molecule has 4 heterocycles. The van der Waals surface area contributed by atoms with E-state index >= 15 is 0 Å². The molecule has 2 aromatic rings. The van der Waals surface area contributed by atoms with Crippen molar-refractivity contribution < 1.29 is 9.53 Å². The first-order valence-electron chi connectivity index (χ1n) is 8.09. The summed E-state index contributed by atoms with van der Waals surface area (Å²) < 4.78 is 5.51. The topological polar surface area (TPSA) is 55.3 Å². The van der Waals surface area contributed by atoms with Crippen LogP contribution in [0.15, 0.2) is 24.5 Å². The van der Waals surface area contributed by atoms with E-state index in [4.69, 9.17) is 16.3 Å². The highest BCUT2D eigenvalue weighted by atomic mass is 35.5. The van der Waals surface area contributed by atoms with Crippen LogP contribution < -0.4 is 0 Å². The zero-order chi connectivity index (χ0) is 16.7. The molecule has 2 fully saturated rings. The monoisotopic (exact) mass is 363 g/mol. The number of carbonyl (C=O) groups excluding carboxylic acids is 1. The van der Waals surface area contributed by atoms with Gasteiger partial charge < -0.3 is 9.64 Å². The second kappa shape index (κ2) is 6.43. The first-order valence-corrected chi connectivity index (χ1v) is 9.29. The van der Waals surface area contributed by atoms with Crippen molar-refractivity contribution in [3.63, 3.8) is 0 Å². The van der Waals surface area contributed by atoms with Crippen molar-refractivity contribution in [3.8, 4) is 10.6 Å². The highest BCUT2D eigenvalue weighted by Crippen LogP contribution is 2.40. The number of pyridine rings is 1. The SMILES string of the molecule is COC1CC2CCC(C1)N2C(=O)c1sc(-c2cccnc2)nc1Cl. The number of fused-ring (bicyclic) bond motifs is 2. The minimum Gasteiger partial charge on any atom is -0.381 e. The highest BCUT2D eigenvalue weighted by molar-refractivity contribution is 7.17. The number of halogens is 1. The minimum absolute atomic E-state index is 0.00898. The van der Waals surface area contributed by atoms with Crippen molar-refractivity contribution in [2.45, 2.75) is 43.9 Å². The average molecular weight is 364 g/mol. The second-order valence-corrected chi connectivity index (χ2v) is 7.66. The van der Waals surface area contributed by atoms with Crippen LogP contribution in [0.4, 0.5) is 0 Å². The summed E-state index contributed by atoms with van der Waals surface area (Å²) in [6.07, 6.45) is 7.61. The normalized spacial score (nSPS) is 25.9. The molecule has 2 aliphatic heterocycles. The first kappa shape index (κ1) is 16.0. The van der Waals surface area contributed by atoms with Crippen molar-refractivity contribution in [3.05, 3.63) is 34.6 Å². The van der Waals surface area contributed by atoms with Gasteiger partial charge in [-0.1, -0.05) is 11.6 Å². The quantitative estimate of drug-likeness (QED) is 0.835. The van der Waals surface area contributed by atoms with Crippen molar-refractivity contribution in [2.24, 2.45) is 0 Å². The lowest BCUT2D eigenvalue weighted by Crippen LogP contribution is -2.48. The standard InChI is InChI=1S/C17H18ClN3O2S/c1-23-13-7-11-4-5-12(8-13)21(11)17(22)14-15(18)20-16(24-14)10-3-2-6-19-9-10/h2-3,6,9,11-13H,4-5,7-8H2,1H3. The molecule has 24 heavy (non-hydrogen) atoms. The van der Waals surface area contributed by atoms with E-state index in [0.29, 0.717) is 4.88 Å². The third-order valence-electron chi connectivity index (χ3n) is 4.95. The van der Waals surface area contributed by atoms with Crippen molar-refractivity contribution in [2.75, 3.05) is 7.11 Å². The Labute approximate surface area is 149 Å². The van der Waals surface area contributed by atoms with Crippen LogP contribution in [0.5, 0.6) is 0 Å². The molecule has 2 unspecified atom stereocenters. The Morgan fingerprint density at radius 1 is 1.38 bits per heavy atom. The van der Waals surface area contributed by atoms with E-state index in [9.17, 15) is 4.79 Å². The number of nitrogens with zero attached hydrogens (tertiary/aromatic N) is 3. The molecular formula is C17H18ClN3O2S. The molecule has 0 radical (unpaired) electrons. The van der Waals surface area contributed by atoms with Crippen LogP contribution in [-0.2, 0) is 4.74 Å². The number of piperidine rings is 1. The van der Waals surface area contributed by atoms with Crippen LogP contribution in [0.2, 0.25) is 5.15 Å². The van der Waals surface area contributed by atoms with Crippen molar-refractivity contribution in [1.82, 2.24) is 14.9 Å². The Bertz CT molecular complexity index is 738. The summed E-state index contributed by atoms with van der Waals surface area (Å²) in [6.45, 7) is 0. The minimum atomic E-state index is 0.00898. The van der Waals surface area contributed by atoms with Crippen LogP contribution >= 0.6 is 22.9 Å². The average Bonchev–Trinajstić information content (AvgIpc) is 3.12. The van der Waals surface area contributed by atoms with Gasteiger partial charge in [0, 0.05) is 37.2 Å². The Kier molecular flexibility index (Phi) is 4.28. The van der Waals surface area contributed by atoms with Gasteiger partial charge in [0.25, 0.3) is 5.91 Å². The van der Waals surface area contributed by atoms with Gasteiger partial charge in [0.05, 0.1) is 6.10 Å². The number of methoxy groups -OCH3 is 1. The number of rotatable bonds is 3. The maximum atomic E-state index is 13.1. The van der Waals surface area contributed by atoms with Crippen molar-refractivity contribution >= 4 is 28.8 Å². The smallest absolute Gasteiger partial charge is 0.267 e. The molecule has 2 aliphatic rings. The molecule has 1 amide bonds. The van der Waals surface area contributed by atoms with Gasteiger partial charge in [-0.25, -0.2) is 4.98 Å². The van der Waals surface area contributed by atoms with Crippen LogP contribution in [0.1, 0.15) is 35.4 Å². The van der Waals surface area contributed by atoms with E-state index in [-0.39, 0.29) is 29.2 Å². The molecule has 2 saturated heterocycles. The highest BCUT2D eigenvalue weighted by Gasteiger charge is 2.44. The molecule has 2 aromatic heterocycles. The van der Waals surface area contributed by atoms with E-state index in [1.165, 1.54) is 11.3 Å². The fourth-order valence-corrected chi connectivity index (χ4v) is 5.04. The summed E-state index contributed by atoms with van der Waals surface area (Å²) in [6, 6.07) is 4.27. The summed E-state index contributed by atoms with van der Waals surface area (Å²) in [7, 11) is 1.75. The second-order valence-electron chi connectivity index (χ2n) is 6.31. The molecule has 126 valence electrons. The van der Waals surface area contributed by atoms with E-state index in [1.54, 1.807) is 19.5 Å². The molecule has 0 N–H and O–H groups in total. The molecule has 0 aliphatic carbocycles. The Morgan fingerprint density at radius 3 is 2.75 bits per heavy atom. The summed E-state index contributed by atoms with van der Waals surface area (Å²) in [5.41, 5.74) is 0.879. The molecule has 2 bridgehead atoms. The zero-order valence-corrected chi connectivity index (χ0v) is 14.9. The van der Waals surface area contributed by atoms with Gasteiger partial charge in [0.2, 0.25) is 0 Å². The number of hydrogen-bond donors (Lipinski definition) is 0. The van der Waals surface area contributed by atoms with E-state index in [1.807, 2.05) is 17.0 Å². The van der Waals surface area contributed by atoms with E-state index in [0.717, 1.165) is 36.3 Å². The molecular weight excluding hydrogens is 346 g/mol. The Balaban J connectivity index is 1.61. The fourth-order valence-electron chi connectivity index (χ4n) is 3.81. The van der Waals surface area contributed by atoms with Gasteiger partial charge in [-0.3, -0.25) is 9.78 Å². The van der Waals surface area contributed by atoms with Crippen LogP contribution in [-0.4, -0.2) is 46.1 Å². The summed E-state index contributed by atoms with van der Waals surface area (Å²) in [4.78, 5) is 24.1. The van der Waals surface area contributed by atoms with Crippen LogP contribution in [0, 0.1) is 0 Å². The van der Waals surface area contributed by atoms with Crippen LogP contribution in [0.25, 0.3) is 10.6 Å². The van der Waals surface area contributed by atoms with Gasteiger partial charge in [0.15, 0.2) is 5.15 Å². The summed E-state index contributed by atoms with van der Waals surface area (Å²) >= 11 is 7.63. The number of amides is 1. The summed E-state index contributed by atoms with van der Waals surface area (Å²) in [5, 5.41) is 1.02. The van der Waals surface area contributed by atoms with Gasteiger partial charge in [-0.15, -0.1) is 11.3 Å². The van der Waals surface area contributed by atoms with Crippen LogP contribution in [0.3, 0.4) is 0 Å². The van der Waals surface area contributed by atoms with E-state index in [2.05, 4.69) is 9.97 Å². The van der Waals surface area contributed by atoms with E-state index < -0.39 is 0 Å². The Hall–Kier alpha value is -1.50. The molecule has 0 spiro atoms. The third kappa shape index (κ3) is 2.72. The lowest BCUT2D eigenvalue weighted by Gasteiger charge is -2.38.